The molecule has 0 N–H and O–H groups in total. The largest absolute Gasteiger partial charge is 0.497 e. The molecule has 6 heteroatoms. The van der Waals surface area contributed by atoms with Gasteiger partial charge < -0.3 is 14.5 Å². The molecule has 0 fully saturated rings. The average Bonchev–Trinajstić information content (AvgIpc) is 3.26. The molecule has 0 saturated carbocycles. The predicted molar refractivity (Wildman–Crippen MR) is 134 cm³/mol. The fourth-order valence-electron chi connectivity index (χ4n) is 3.61. The lowest BCUT2D eigenvalue weighted by Crippen LogP contribution is -2.46. The molecule has 0 saturated heterocycles. The molecule has 0 spiro atoms. The van der Waals surface area contributed by atoms with Gasteiger partial charge in [-0.2, -0.15) is 0 Å². The van der Waals surface area contributed by atoms with Gasteiger partial charge in [0.15, 0.2) is 0 Å². The third-order valence-corrected chi connectivity index (χ3v) is 6.70. The van der Waals surface area contributed by atoms with Gasteiger partial charge >= 0.3 is 0 Å². The first-order valence-corrected chi connectivity index (χ1v) is 12.0. The van der Waals surface area contributed by atoms with E-state index in [1.807, 2.05) is 49.1 Å². The van der Waals surface area contributed by atoms with Crippen LogP contribution >= 0.6 is 11.3 Å². The Kier molecular flexibility index (Phi) is 8.66. The van der Waals surface area contributed by atoms with E-state index in [1.54, 1.807) is 47.6 Å². The Bertz CT molecular complexity index is 1060. The first-order chi connectivity index (χ1) is 15.9. The summed E-state index contributed by atoms with van der Waals surface area (Å²) < 4.78 is 5.28. The minimum atomic E-state index is -0.164. The number of ether oxygens (including phenoxy) is 1. The van der Waals surface area contributed by atoms with Crippen LogP contribution in [0.2, 0.25) is 0 Å². The van der Waals surface area contributed by atoms with Crippen molar-refractivity contribution in [2.24, 2.45) is 0 Å². The smallest absolute Gasteiger partial charge is 0.254 e. The third kappa shape index (κ3) is 6.68. The molecule has 3 aromatic rings. The van der Waals surface area contributed by atoms with Crippen molar-refractivity contribution in [1.82, 2.24) is 9.80 Å². The Morgan fingerprint density at radius 1 is 1.00 bits per heavy atom. The monoisotopic (exact) mass is 464 g/mol. The fraction of sp³-hybridized carbons (Fsp3) is 0.333. The Morgan fingerprint density at radius 3 is 2.39 bits per heavy atom. The van der Waals surface area contributed by atoms with Crippen molar-refractivity contribution < 1.29 is 14.3 Å². The summed E-state index contributed by atoms with van der Waals surface area (Å²) in [6.45, 7) is 7.12. The summed E-state index contributed by atoms with van der Waals surface area (Å²) in [5, 5.41) is 0. The summed E-state index contributed by atoms with van der Waals surface area (Å²) in [7, 11) is 1.58. The number of methoxy groups -OCH3 is 1. The maximum absolute atomic E-state index is 13.6. The number of hydrogen-bond donors (Lipinski definition) is 0. The maximum Gasteiger partial charge on any atom is 0.254 e. The van der Waals surface area contributed by atoms with Crippen molar-refractivity contribution in [3.8, 4) is 5.75 Å². The highest BCUT2D eigenvalue weighted by atomic mass is 32.1. The zero-order valence-corrected chi connectivity index (χ0v) is 20.6. The summed E-state index contributed by atoms with van der Waals surface area (Å²) in [5.74, 6) is 0.389. The average molecular weight is 465 g/mol. The van der Waals surface area contributed by atoms with Gasteiger partial charge in [0.1, 0.15) is 12.3 Å². The number of nitrogens with zero attached hydrogens (tertiary/aromatic N) is 2. The first kappa shape index (κ1) is 24.5. The summed E-state index contributed by atoms with van der Waals surface area (Å²) in [5.41, 5.74) is 1.58. The molecule has 0 aliphatic heterocycles. The minimum Gasteiger partial charge on any atom is -0.497 e. The highest BCUT2D eigenvalue weighted by Gasteiger charge is 2.26. The highest BCUT2D eigenvalue weighted by molar-refractivity contribution is 7.11. The number of amides is 2. The molecule has 0 aliphatic carbocycles. The minimum absolute atomic E-state index is 0.0300. The van der Waals surface area contributed by atoms with Gasteiger partial charge in [-0.05, 0) is 56.2 Å². The quantitative estimate of drug-likeness (QED) is 0.396. The topological polar surface area (TPSA) is 49.9 Å². The van der Waals surface area contributed by atoms with Gasteiger partial charge in [-0.3, -0.25) is 9.59 Å². The van der Waals surface area contributed by atoms with Crippen molar-refractivity contribution in [2.45, 2.75) is 46.3 Å². The van der Waals surface area contributed by atoms with Crippen LogP contribution in [0.3, 0.4) is 0 Å². The number of benzene rings is 2. The molecule has 33 heavy (non-hydrogen) atoms. The van der Waals surface area contributed by atoms with E-state index < -0.39 is 0 Å². The first-order valence-electron chi connectivity index (χ1n) is 11.2. The molecule has 2 aromatic carbocycles. The van der Waals surface area contributed by atoms with Gasteiger partial charge in [-0.25, -0.2) is 0 Å². The summed E-state index contributed by atoms with van der Waals surface area (Å²) in [6.07, 6.45) is 0.756. The zero-order valence-electron chi connectivity index (χ0n) is 19.8. The summed E-state index contributed by atoms with van der Waals surface area (Å²) in [4.78, 5) is 32.8. The Labute approximate surface area is 200 Å². The van der Waals surface area contributed by atoms with Gasteiger partial charge in [-0.15, -0.1) is 11.3 Å². The van der Waals surface area contributed by atoms with E-state index in [0.717, 1.165) is 16.9 Å². The molecule has 0 bridgehead atoms. The number of hydrogen-bond acceptors (Lipinski definition) is 4. The van der Waals surface area contributed by atoms with Crippen molar-refractivity contribution in [3.63, 3.8) is 0 Å². The zero-order chi connectivity index (χ0) is 23.8. The van der Waals surface area contributed by atoms with Crippen LogP contribution in [0.25, 0.3) is 0 Å². The van der Waals surface area contributed by atoms with E-state index in [9.17, 15) is 9.59 Å². The molecule has 1 unspecified atom stereocenters. The van der Waals surface area contributed by atoms with Crippen molar-refractivity contribution >= 4 is 23.2 Å². The van der Waals surface area contributed by atoms with Crippen molar-refractivity contribution in [3.05, 3.63) is 87.6 Å². The van der Waals surface area contributed by atoms with Crippen LogP contribution in [0.5, 0.6) is 5.75 Å². The molecular formula is C27H32N2O3S. The highest BCUT2D eigenvalue weighted by Crippen LogP contribution is 2.21. The third-order valence-electron chi connectivity index (χ3n) is 5.72. The lowest BCUT2D eigenvalue weighted by molar-refractivity contribution is -0.133. The lowest BCUT2D eigenvalue weighted by Gasteiger charge is -2.31. The number of aryl methyl sites for hydroxylation is 1. The molecule has 1 aromatic heterocycles. The van der Waals surface area contributed by atoms with Gasteiger partial charge in [-0.1, -0.05) is 43.3 Å². The van der Waals surface area contributed by atoms with Gasteiger partial charge in [0.05, 0.1) is 13.7 Å². The molecule has 0 radical (unpaired) electrons. The van der Waals surface area contributed by atoms with E-state index in [0.29, 0.717) is 24.4 Å². The fourth-order valence-corrected chi connectivity index (χ4v) is 4.52. The Hall–Kier alpha value is -3.12. The van der Waals surface area contributed by atoms with Crippen molar-refractivity contribution in [1.29, 1.82) is 0 Å². The Morgan fingerprint density at radius 2 is 1.76 bits per heavy atom. The maximum atomic E-state index is 13.6. The Balaban J connectivity index is 1.84. The predicted octanol–water partition coefficient (Wildman–Crippen LogP) is 5.53. The van der Waals surface area contributed by atoms with Crippen LogP contribution in [0.1, 0.15) is 45.9 Å². The molecular weight excluding hydrogens is 432 g/mol. The van der Waals surface area contributed by atoms with Crippen molar-refractivity contribution in [2.75, 3.05) is 13.7 Å². The van der Waals surface area contributed by atoms with E-state index in [2.05, 4.69) is 19.1 Å². The molecule has 3 rings (SSSR count). The second-order valence-corrected chi connectivity index (χ2v) is 9.54. The van der Waals surface area contributed by atoms with E-state index in [1.165, 1.54) is 4.88 Å². The standard InChI is InChI=1S/C27H32N2O3S/c1-5-20(2)29(27(31)23-12-9-13-24(16-23)32-4)19-26(30)28(17-22-10-7-6-8-11-22)18-25-15-14-21(3)33-25/h6-16,20H,5,17-19H2,1-4H3. The number of rotatable bonds is 10. The molecule has 0 aliphatic rings. The van der Waals surface area contributed by atoms with Crippen LogP contribution in [-0.4, -0.2) is 41.3 Å². The molecule has 5 nitrogen and oxygen atoms in total. The van der Waals surface area contributed by atoms with E-state index in [4.69, 9.17) is 4.74 Å². The molecule has 1 atom stereocenters. The number of thiophene rings is 1. The second kappa shape index (κ2) is 11.7. The van der Waals surface area contributed by atoms with Gasteiger partial charge in [0, 0.05) is 27.9 Å². The van der Waals surface area contributed by atoms with Gasteiger partial charge in [0.2, 0.25) is 5.91 Å². The van der Waals surface area contributed by atoms with Crippen LogP contribution in [-0.2, 0) is 17.9 Å². The molecule has 2 amide bonds. The number of carbonyl (C=O) groups is 2. The van der Waals surface area contributed by atoms with Crippen LogP contribution in [0.15, 0.2) is 66.7 Å². The van der Waals surface area contributed by atoms with Crippen LogP contribution in [0.4, 0.5) is 0 Å². The van der Waals surface area contributed by atoms with Crippen LogP contribution < -0.4 is 4.74 Å². The molecule has 174 valence electrons. The lowest BCUT2D eigenvalue weighted by atomic mass is 10.1. The molecule has 1 heterocycles. The van der Waals surface area contributed by atoms with E-state index in [-0.39, 0.29) is 24.4 Å². The summed E-state index contributed by atoms with van der Waals surface area (Å²) >= 11 is 1.69. The summed E-state index contributed by atoms with van der Waals surface area (Å²) in [6, 6.07) is 21.1. The SMILES string of the molecule is CCC(C)N(CC(=O)N(Cc1ccccc1)Cc1ccc(C)s1)C(=O)c1cccc(OC)c1. The van der Waals surface area contributed by atoms with Crippen LogP contribution in [0, 0.1) is 6.92 Å². The normalized spacial score (nSPS) is 11.6. The number of carbonyl (C=O) groups excluding carboxylic acids is 2. The van der Waals surface area contributed by atoms with Gasteiger partial charge in [0.25, 0.3) is 5.91 Å². The second-order valence-electron chi connectivity index (χ2n) is 8.17. The van der Waals surface area contributed by atoms with E-state index >= 15 is 0 Å².